The molecule has 0 spiro atoms. The van der Waals surface area contributed by atoms with E-state index in [1.807, 2.05) is 11.8 Å². The largest absolute Gasteiger partial charge is 0.336 e. The van der Waals surface area contributed by atoms with Crippen molar-refractivity contribution in [2.24, 2.45) is 5.73 Å². The molecule has 0 aromatic carbocycles. The molecular formula is C9H13N3OS. The smallest absolute Gasteiger partial charge is 0.265 e. The standard InChI is InChI=1S/C9H13N3OS/c1-6-8(14-5-11-6)9(13)12-3-2-7(10)4-12/h5,7H,2-4,10H2,1H3/t7-/m0/s1. The average molecular weight is 211 g/mol. The minimum Gasteiger partial charge on any atom is -0.336 e. The van der Waals surface area contributed by atoms with Crippen LogP contribution in [0.4, 0.5) is 0 Å². The summed E-state index contributed by atoms with van der Waals surface area (Å²) >= 11 is 1.40. The Labute approximate surface area is 86.7 Å². The second kappa shape index (κ2) is 3.67. The zero-order valence-electron chi connectivity index (χ0n) is 8.06. The minimum atomic E-state index is 0.0814. The summed E-state index contributed by atoms with van der Waals surface area (Å²) in [6.45, 7) is 3.31. The van der Waals surface area contributed by atoms with Gasteiger partial charge in [0.1, 0.15) is 4.88 Å². The Hall–Kier alpha value is -0.940. The quantitative estimate of drug-likeness (QED) is 0.741. The van der Waals surface area contributed by atoms with Gasteiger partial charge in [0.2, 0.25) is 0 Å². The minimum absolute atomic E-state index is 0.0814. The van der Waals surface area contributed by atoms with Crippen molar-refractivity contribution >= 4 is 17.2 Å². The highest BCUT2D eigenvalue weighted by Crippen LogP contribution is 2.18. The molecule has 2 N–H and O–H groups in total. The number of likely N-dealkylation sites (tertiary alicyclic amines) is 1. The van der Waals surface area contributed by atoms with Gasteiger partial charge in [-0.3, -0.25) is 4.79 Å². The Morgan fingerprint density at radius 1 is 1.79 bits per heavy atom. The van der Waals surface area contributed by atoms with Crippen LogP contribution in [0.5, 0.6) is 0 Å². The lowest BCUT2D eigenvalue weighted by molar-refractivity contribution is 0.0794. The van der Waals surface area contributed by atoms with Crippen molar-refractivity contribution in [1.29, 1.82) is 0 Å². The predicted molar refractivity (Wildman–Crippen MR) is 55.3 cm³/mol. The number of rotatable bonds is 1. The molecule has 5 heteroatoms. The molecular weight excluding hydrogens is 198 g/mol. The van der Waals surface area contributed by atoms with Gasteiger partial charge in [-0.15, -0.1) is 11.3 Å². The summed E-state index contributed by atoms with van der Waals surface area (Å²) in [5, 5.41) is 0. The van der Waals surface area contributed by atoms with E-state index in [1.54, 1.807) is 5.51 Å². The fourth-order valence-corrected chi connectivity index (χ4v) is 2.39. The van der Waals surface area contributed by atoms with E-state index >= 15 is 0 Å². The van der Waals surface area contributed by atoms with E-state index in [0.29, 0.717) is 6.54 Å². The maximum atomic E-state index is 11.9. The molecule has 1 aliphatic rings. The number of nitrogens with zero attached hydrogens (tertiary/aromatic N) is 2. The van der Waals surface area contributed by atoms with Crippen molar-refractivity contribution in [3.63, 3.8) is 0 Å². The first kappa shape index (κ1) is 9.61. The lowest BCUT2D eigenvalue weighted by Crippen LogP contribution is -2.31. The second-order valence-corrected chi connectivity index (χ2v) is 4.42. The summed E-state index contributed by atoms with van der Waals surface area (Å²) in [7, 11) is 0. The molecule has 0 aliphatic carbocycles. The van der Waals surface area contributed by atoms with Crippen LogP contribution in [0.1, 0.15) is 21.8 Å². The lowest BCUT2D eigenvalue weighted by atomic mass is 10.3. The third-order valence-electron chi connectivity index (χ3n) is 2.45. The van der Waals surface area contributed by atoms with Gasteiger partial charge >= 0.3 is 0 Å². The first-order valence-corrected chi connectivity index (χ1v) is 5.51. The van der Waals surface area contributed by atoms with Crippen molar-refractivity contribution in [3.8, 4) is 0 Å². The fraction of sp³-hybridized carbons (Fsp3) is 0.556. The third kappa shape index (κ3) is 1.65. The van der Waals surface area contributed by atoms with Crippen molar-refractivity contribution in [2.75, 3.05) is 13.1 Å². The number of thiazole rings is 1. The summed E-state index contributed by atoms with van der Waals surface area (Å²) in [5.74, 6) is 0.0814. The Morgan fingerprint density at radius 2 is 2.57 bits per heavy atom. The molecule has 1 aromatic rings. The van der Waals surface area contributed by atoms with Crippen LogP contribution in [-0.4, -0.2) is 34.9 Å². The van der Waals surface area contributed by atoms with E-state index in [9.17, 15) is 4.79 Å². The molecule has 1 aromatic heterocycles. The van der Waals surface area contributed by atoms with Gasteiger partial charge in [-0.1, -0.05) is 0 Å². The molecule has 0 unspecified atom stereocenters. The number of hydrogen-bond donors (Lipinski definition) is 1. The fourth-order valence-electron chi connectivity index (χ4n) is 1.62. The average Bonchev–Trinajstić information content (AvgIpc) is 2.73. The van der Waals surface area contributed by atoms with Crippen LogP contribution in [0.2, 0.25) is 0 Å². The summed E-state index contributed by atoms with van der Waals surface area (Å²) in [6, 6.07) is 0.146. The van der Waals surface area contributed by atoms with Gasteiger partial charge in [-0.2, -0.15) is 0 Å². The molecule has 4 nitrogen and oxygen atoms in total. The topological polar surface area (TPSA) is 59.2 Å². The molecule has 0 bridgehead atoms. The highest BCUT2D eigenvalue weighted by Gasteiger charge is 2.26. The number of amides is 1. The van der Waals surface area contributed by atoms with E-state index in [0.717, 1.165) is 23.5 Å². The van der Waals surface area contributed by atoms with E-state index in [1.165, 1.54) is 11.3 Å². The normalized spacial score (nSPS) is 21.6. The Morgan fingerprint density at radius 3 is 3.07 bits per heavy atom. The Kier molecular flexibility index (Phi) is 2.52. The Bertz CT molecular complexity index is 350. The van der Waals surface area contributed by atoms with Gasteiger partial charge in [0.25, 0.3) is 5.91 Å². The van der Waals surface area contributed by atoms with Gasteiger partial charge < -0.3 is 10.6 Å². The highest BCUT2D eigenvalue weighted by atomic mass is 32.1. The number of hydrogen-bond acceptors (Lipinski definition) is 4. The van der Waals surface area contributed by atoms with Crippen LogP contribution in [0, 0.1) is 6.92 Å². The maximum Gasteiger partial charge on any atom is 0.265 e. The molecule has 14 heavy (non-hydrogen) atoms. The maximum absolute atomic E-state index is 11.9. The van der Waals surface area contributed by atoms with Crippen LogP contribution >= 0.6 is 11.3 Å². The van der Waals surface area contributed by atoms with E-state index in [4.69, 9.17) is 5.73 Å². The molecule has 1 aliphatic heterocycles. The van der Waals surface area contributed by atoms with Crippen molar-refractivity contribution in [2.45, 2.75) is 19.4 Å². The number of nitrogens with two attached hydrogens (primary N) is 1. The molecule has 2 rings (SSSR count). The number of aromatic nitrogens is 1. The summed E-state index contributed by atoms with van der Waals surface area (Å²) in [4.78, 5) is 18.5. The second-order valence-electron chi connectivity index (χ2n) is 3.57. The molecule has 1 saturated heterocycles. The third-order valence-corrected chi connectivity index (χ3v) is 3.37. The van der Waals surface area contributed by atoms with Crippen molar-refractivity contribution in [1.82, 2.24) is 9.88 Å². The van der Waals surface area contributed by atoms with Crippen LogP contribution < -0.4 is 5.73 Å². The zero-order chi connectivity index (χ0) is 10.1. The molecule has 1 fully saturated rings. The van der Waals surface area contributed by atoms with E-state index in [2.05, 4.69) is 4.98 Å². The summed E-state index contributed by atoms with van der Waals surface area (Å²) in [5.41, 5.74) is 8.28. The van der Waals surface area contributed by atoms with Crippen LogP contribution in [0.15, 0.2) is 5.51 Å². The summed E-state index contributed by atoms with van der Waals surface area (Å²) in [6.07, 6.45) is 0.906. The molecule has 0 radical (unpaired) electrons. The number of carbonyl (C=O) groups is 1. The van der Waals surface area contributed by atoms with Crippen LogP contribution in [0.25, 0.3) is 0 Å². The number of carbonyl (C=O) groups excluding carboxylic acids is 1. The van der Waals surface area contributed by atoms with Gasteiger partial charge in [0.05, 0.1) is 11.2 Å². The van der Waals surface area contributed by atoms with Gasteiger partial charge in [0.15, 0.2) is 0 Å². The van der Waals surface area contributed by atoms with E-state index < -0.39 is 0 Å². The van der Waals surface area contributed by atoms with Gasteiger partial charge in [-0.25, -0.2) is 4.98 Å². The highest BCUT2D eigenvalue weighted by molar-refractivity contribution is 7.11. The van der Waals surface area contributed by atoms with Gasteiger partial charge in [0, 0.05) is 19.1 Å². The van der Waals surface area contributed by atoms with Gasteiger partial charge in [-0.05, 0) is 13.3 Å². The first-order chi connectivity index (χ1) is 6.68. The van der Waals surface area contributed by atoms with E-state index in [-0.39, 0.29) is 11.9 Å². The van der Waals surface area contributed by atoms with Crippen LogP contribution in [-0.2, 0) is 0 Å². The zero-order valence-corrected chi connectivity index (χ0v) is 8.88. The van der Waals surface area contributed by atoms with Crippen molar-refractivity contribution in [3.05, 3.63) is 16.1 Å². The molecule has 76 valence electrons. The SMILES string of the molecule is Cc1ncsc1C(=O)N1CC[C@H](N)C1. The molecule has 2 heterocycles. The number of aryl methyl sites for hydroxylation is 1. The molecule has 1 amide bonds. The van der Waals surface area contributed by atoms with Crippen LogP contribution in [0.3, 0.4) is 0 Å². The first-order valence-electron chi connectivity index (χ1n) is 4.63. The monoisotopic (exact) mass is 211 g/mol. The Balaban J connectivity index is 2.13. The molecule has 1 atom stereocenters. The van der Waals surface area contributed by atoms with Crippen molar-refractivity contribution < 1.29 is 4.79 Å². The molecule has 0 saturated carbocycles. The predicted octanol–water partition coefficient (Wildman–Crippen LogP) is 0.625. The summed E-state index contributed by atoms with van der Waals surface area (Å²) < 4.78 is 0. The lowest BCUT2D eigenvalue weighted by Gasteiger charge is -2.14.